The molecular formula is C19H30BrN5S. The molecule has 2 aliphatic rings. The first kappa shape index (κ1) is 21.2. The summed E-state index contributed by atoms with van der Waals surface area (Å²) in [5, 5.41) is 4.65. The van der Waals surface area contributed by atoms with Crippen molar-refractivity contribution in [1.82, 2.24) is 9.97 Å². The Kier molecular flexibility index (Phi) is 7.13. The quantitative estimate of drug-likeness (QED) is 0.497. The topological polar surface area (TPSA) is 53.4 Å². The molecule has 0 saturated carbocycles. The maximum Gasteiger partial charge on any atom is 0.156 e. The maximum atomic E-state index is 4.98. The van der Waals surface area contributed by atoms with Gasteiger partial charge in [0.2, 0.25) is 0 Å². The van der Waals surface area contributed by atoms with Gasteiger partial charge in [0.05, 0.1) is 10.6 Å². The molecule has 1 aromatic rings. The molecule has 0 radical (unpaired) electrons. The summed E-state index contributed by atoms with van der Waals surface area (Å²) in [5.74, 6) is 0.939. The van der Waals surface area contributed by atoms with Crippen LogP contribution in [0, 0.1) is 5.41 Å². The molecule has 7 heteroatoms. The maximum absolute atomic E-state index is 4.98. The van der Waals surface area contributed by atoms with E-state index in [0.29, 0.717) is 0 Å². The molecule has 0 aromatic carbocycles. The molecule has 1 aromatic heterocycles. The van der Waals surface area contributed by atoms with Crippen LogP contribution in [-0.2, 0) is 0 Å². The molecular weight excluding hydrogens is 410 g/mol. The number of hydrogen-bond donors (Lipinski definition) is 1. The summed E-state index contributed by atoms with van der Waals surface area (Å²) in [4.78, 5) is 17.2. The normalized spacial score (nSPS) is 19.3. The average Bonchev–Trinajstić information content (AvgIpc) is 2.55. The number of anilines is 2. The van der Waals surface area contributed by atoms with E-state index < -0.39 is 0 Å². The van der Waals surface area contributed by atoms with E-state index in [1.165, 1.54) is 35.6 Å². The van der Waals surface area contributed by atoms with E-state index in [1.54, 1.807) is 18.1 Å². The van der Waals surface area contributed by atoms with Crippen LogP contribution in [0.5, 0.6) is 0 Å². The Labute approximate surface area is 171 Å². The van der Waals surface area contributed by atoms with Crippen LogP contribution in [0.1, 0.15) is 52.9 Å². The van der Waals surface area contributed by atoms with Crippen molar-refractivity contribution in [2.24, 2.45) is 10.4 Å². The van der Waals surface area contributed by atoms with Crippen molar-refractivity contribution in [2.75, 3.05) is 30.9 Å². The molecule has 144 valence electrons. The zero-order chi connectivity index (χ0) is 18.0. The molecule has 0 bridgehead atoms. The molecule has 26 heavy (non-hydrogen) atoms. The zero-order valence-electron chi connectivity index (χ0n) is 16.4. The van der Waals surface area contributed by atoms with Crippen molar-refractivity contribution in [3.8, 4) is 0 Å². The van der Waals surface area contributed by atoms with E-state index in [9.17, 15) is 0 Å². The van der Waals surface area contributed by atoms with Crippen molar-refractivity contribution in [1.29, 1.82) is 0 Å². The number of rotatable bonds is 5. The number of halogens is 1. The van der Waals surface area contributed by atoms with Gasteiger partial charge in [0.1, 0.15) is 17.0 Å². The van der Waals surface area contributed by atoms with Crippen LogP contribution in [-0.4, -0.2) is 36.3 Å². The van der Waals surface area contributed by atoms with Gasteiger partial charge >= 0.3 is 0 Å². The molecule has 1 N–H and O–H groups in total. The van der Waals surface area contributed by atoms with Crippen LogP contribution in [0.15, 0.2) is 26.9 Å². The first-order valence-electron chi connectivity index (χ1n) is 9.15. The Bertz CT molecular complexity index is 712. The highest BCUT2D eigenvalue weighted by atomic mass is 79.9. The average molecular weight is 440 g/mol. The van der Waals surface area contributed by atoms with Gasteiger partial charge in [0, 0.05) is 26.3 Å². The van der Waals surface area contributed by atoms with E-state index in [1.807, 2.05) is 19.0 Å². The van der Waals surface area contributed by atoms with Crippen molar-refractivity contribution in [3.05, 3.63) is 16.9 Å². The third-order valence-electron chi connectivity index (χ3n) is 4.59. The SMILES string of the molecule is Br.CCCCCN=C1CC(C)(C)CC2=C1Sc1ncnc(N(C)C)c1N2. The Morgan fingerprint density at radius 2 is 2.00 bits per heavy atom. The second-order valence-corrected chi connectivity index (χ2v) is 8.86. The van der Waals surface area contributed by atoms with E-state index in [0.717, 1.165) is 35.9 Å². The van der Waals surface area contributed by atoms with E-state index in [2.05, 4.69) is 36.1 Å². The van der Waals surface area contributed by atoms with E-state index in [4.69, 9.17) is 4.99 Å². The van der Waals surface area contributed by atoms with Gasteiger partial charge in [-0.3, -0.25) is 4.99 Å². The minimum atomic E-state index is 0. The number of unbranched alkanes of at least 4 members (excludes halogenated alkanes) is 2. The minimum Gasteiger partial charge on any atom is -0.361 e. The highest BCUT2D eigenvalue weighted by Crippen LogP contribution is 2.49. The molecule has 1 aliphatic heterocycles. The van der Waals surface area contributed by atoms with Gasteiger partial charge < -0.3 is 10.2 Å². The Hall–Kier alpha value is -1.08. The molecule has 0 saturated heterocycles. The molecule has 1 aliphatic carbocycles. The first-order valence-corrected chi connectivity index (χ1v) is 9.97. The van der Waals surface area contributed by atoms with Gasteiger partial charge in [-0.05, 0) is 24.7 Å². The number of nitrogens with one attached hydrogen (secondary N) is 1. The summed E-state index contributed by atoms with van der Waals surface area (Å²) >= 11 is 1.75. The smallest absolute Gasteiger partial charge is 0.156 e. The number of allylic oxidation sites excluding steroid dienone is 2. The fraction of sp³-hybridized carbons (Fsp3) is 0.632. The van der Waals surface area contributed by atoms with Crippen molar-refractivity contribution in [2.45, 2.75) is 57.9 Å². The second-order valence-electron chi connectivity index (χ2n) is 7.86. The highest BCUT2D eigenvalue weighted by Gasteiger charge is 2.36. The molecule has 2 heterocycles. The van der Waals surface area contributed by atoms with E-state index in [-0.39, 0.29) is 22.4 Å². The summed E-state index contributed by atoms with van der Waals surface area (Å²) in [6, 6.07) is 0. The first-order chi connectivity index (χ1) is 11.9. The lowest BCUT2D eigenvalue weighted by Gasteiger charge is -2.37. The third-order valence-corrected chi connectivity index (χ3v) is 5.78. The van der Waals surface area contributed by atoms with Crippen LogP contribution in [0.3, 0.4) is 0 Å². The molecule has 3 rings (SSSR count). The lowest BCUT2D eigenvalue weighted by atomic mass is 9.78. The monoisotopic (exact) mass is 439 g/mol. The van der Waals surface area contributed by atoms with Gasteiger partial charge in [-0.1, -0.05) is 45.4 Å². The van der Waals surface area contributed by atoms with Crippen LogP contribution in [0.2, 0.25) is 0 Å². The zero-order valence-corrected chi connectivity index (χ0v) is 19.0. The second kappa shape index (κ2) is 8.74. The molecule has 0 fully saturated rings. The van der Waals surface area contributed by atoms with Crippen LogP contribution in [0.25, 0.3) is 0 Å². The van der Waals surface area contributed by atoms with Gasteiger partial charge in [-0.25, -0.2) is 9.97 Å². The summed E-state index contributed by atoms with van der Waals surface area (Å²) in [5.41, 5.74) is 3.78. The Balaban J connectivity index is 0.00000243. The van der Waals surface area contributed by atoms with Gasteiger partial charge in [0.25, 0.3) is 0 Å². The fourth-order valence-electron chi connectivity index (χ4n) is 3.39. The number of fused-ring (bicyclic) bond motifs is 1. The standard InChI is InChI=1S/C19H29N5S.BrH/c1-6-7-8-9-20-13-10-19(2,3)11-14-16(13)25-18-15(23-14)17(24(4)5)21-12-22-18;/h12,23H,6-11H2,1-5H3;1H. The summed E-state index contributed by atoms with van der Waals surface area (Å²) < 4.78 is 0. The molecule has 0 spiro atoms. The van der Waals surface area contributed by atoms with Gasteiger partial charge in [0.15, 0.2) is 5.82 Å². The van der Waals surface area contributed by atoms with Crippen LogP contribution in [0.4, 0.5) is 11.5 Å². The number of aromatic nitrogens is 2. The van der Waals surface area contributed by atoms with E-state index >= 15 is 0 Å². The summed E-state index contributed by atoms with van der Waals surface area (Å²) in [6.45, 7) is 7.82. The molecule has 0 amide bonds. The lowest BCUT2D eigenvalue weighted by molar-refractivity contribution is 0.373. The van der Waals surface area contributed by atoms with Crippen molar-refractivity contribution >= 4 is 46.0 Å². The van der Waals surface area contributed by atoms with Gasteiger partial charge in [-0.2, -0.15) is 0 Å². The van der Waals surface area contributed by atoms with Crippen LogP contribution < -0.4 is 10.2 Å². The summed E-state index contributed by atoms with van der Waals surface area (Å²) in [7, 11) is 4.04. The number of nitrogens with zero attached hydrogens (tertiary/aromatic N) is 4. The van der Waals surface area contributed by atoms with Crippen molar-refractivity contribution in [3.63, 3.8) is 0 Å². The predicted molar refractivity (Wildman–Crippen MR) is 118 cm³/mol. The molecule has 0 unspecified atom stereocenters. The minimum absolute atomic E-state index is 0. The lowest BCUT2D eigenvalue weighted by Crippen LogP contribution is -2.30. The predicted octanol–water partition coefficient (Wildman–Crippen LogP) is 5.30. The Morgan fingerprint density at radius 1 is 1.23 bits per heavy atom. The molecule has 0 atom stereocenters. The van der Waals surface area contributed by atoms with Crippen molar-refractivity contribution < 1.29 is 0 Å². The fourth-order valence-corrected chi connectivity index (χ4v) is 4.43. The third kappa shape index (κ3) is 4.60. The van der Waals surface area contributed by atoms with Crippen LogP contribution >= 0.6 is 28.7 Å². The number of aliphatic imine (C=N–C) groups is 1. The number of thioether (sulfide) groups is 1. The number of hydrogen-bond acceptors (Lipinski definition) is 6. The largest absolute Gasteiger partial charge is 0.361 e. The summed E-state index contributed by atoms with van der Waals surface area (Å²) in [6.07, 6.45) is 7.37. The highest BCUT2D eigenvalue weighted by molar-refractivity contribution is 8.93. The Morgan fingerprint density at radius 3 is 2.69 bits per heavy atom. The van der Waals surface area contributed by atoms with Gasteiger partial charge in [-0.15, -0.1) is 17.0 Å². The molecule has 5 nitrogen and oxygen atoms in total.